The summed E-state index contributed by atoms with van der Waals surface area (Å²) >= 11 is 0. The van der Waals surface area contributed by atoms with Crippen LogP contribution in [0.5, 0.6) is 0 Å². The second-order valence-corrected chi connectivity index (χ2v) is 3.07. The molecule has 2 rings (SSSR count). The molecule has 2 aromatic heterocycles. The maximum absolute atomic E-state index is 10.7. The Labute approximate surface area is 84.2 Å². The van der Waals surface area contributed by atoms with Crippen molar-refractivity contribution in [1.82, 2.24) is 9.72 Å². The monoisotopic (exact) mass is 208 g/mol. The van der Waals surface area contributed by atoms with Gasteiger partial charge in [0.1, 0.15) is 0 Å². The van der Waals surface area contributed by atoms with Crippen LogP contribution in [-0.4, -0.2) is 14.6 Å². The van der Waals surface area contributed by atoms with Crippen LogP contribution in [0.1, 0.15) is 0 Å². The molecule has 0 aromatic carbocycles. The second-order valence-electron chi connectivity index (χ2n) is 3.07. The molecule has 0 aliphatic heterocycles. The van der Waals surface area contributed by atoms with E-state index in [1.165, 1.54) is 0 Å². The Morgan fingerprint density at radius 3 is 2.93 bits per heavy atom. The van der Waals surface area contributed by atoms with Gasteiger partial charge in [-0.25, -0.2) is 0 Å². The maximum Gasteiger partial charge on any atom is 0.360 e. The molecule has 0 saturated carbocycles. The summed E-state index contributed by atoms with van der Waals surface area (Å²) in [6.07, 6.45) is 3.45. The molecule has 78 valence electrons. The van der Waals surface area contributed by atoms with E-state index in [2.05, 4.69) is 9.68 Å². The van der Waals surface area contributed by atoms with Crippen LogP contribution in [0.25, 0.3) is 11.3 Å². The number of hydrogen-bond donors (Lipinski definition) is 1. The van der Waals surface area contributed by atoms with Crippen LogP contribution in [0.2, 0.25) is 0 Å². The third kappa shape index (κ3) is 1.43. The van der Waals surface area contributed by atoms with Crippen LogP contribution < -0.4 is 5.73 Å². The number of nitro groups is 1. The average Bonchev–Trinajstić information content (AvgIpc) is 2.71. The van der Waals surface area contributed by atoms with Crippen LogP contribution in [0.4, 0.5) is 11.6 Å². The minimum Gasteiger partial charge on any atom is -0.362 e. The van der Waals surface area contributed by atoms with Crippen molar-refractivity contribution in [3.63, 3.8) is 0 Å². The fraction of sp³-hybridized carbons (Fsp3) is 0.125. The van der Waals surface area contributed by atoms with Crippen molar-refractivity contribution >= 4 is 11.6 Å². The molecule has 0 aliphatic carbocycles. The van der Waals surface area contributed by atoms with Crippen LogP contribution in [0, 0.1) is 10.1 Å². The van der Waals surface area contributed by atoms with Gasteiger partial charge >= 0.3 is 11.6 Å². The normalized spacial score (nSPS) is 10.5. The molecule has 7 heteroatoms. The predicted octanol–water partition coefficient (Wildman–Crippen LogP) is 1.17. The van der Waals surface area contributed by atoms with Gasteiger partial charge in [0.05, 0.1) is 4.92 Å². The number of hydrogen-bond acceptors (Lipinski definition) is 5. The van der Waals surface area contributed by atoms with Crippen LogP contribution in [-0.2, 0) is 7.05 Å². The van der Waals surface area contributed by atoms with Crippen molar-refractivity contribution in [3.05, 3.63) is 28.6 Å². The minimum atomic E-state index is -0.603. The zero-order chi connectivity index (χ0) is 11.0. The van der Waals surface area contributed by atoms with E-state index < -0.39 is 4.92 Å². The first-order valence-electron chi connectivity index (χ1n) is 4.11. The molecule has 2 aromatic rings. The van der Waals surface area contributed by atoms with Crippen molar-refractivity contribution in [1.29, 1.82) is 0 Å². The minimum absolute atomic E-state index is 0.151. The molecular formula is C8H8N4O3. The molecule has 0 amide bonds. The van der Waals surface area contributed by atoms with E-state index in [0.717, 1.165) is 0 Å². The lowest BCUT2D eigenvalue weighted by molar-refractivity contribution is -0.383. The van der Waals surface area contributed by atoms with E-state index >= 15 is 0 Å². The summed E-state index contributed by atoms with van der Waals surface area (Å²) < 4.78 is 6.35. The number of nitrogens with two attached hydrogens (primary N) is 1. The first-order chi connectivity index (χ1) is 7.09. The van der Waals surface area contributed by atoms with E-state index in [1.807, 2.05) is 0 Å². The number of aryl methyl sites for hydroxylation is 1. The topological polar surface area (TPSA) is 100 Å². The van der Waals surface area contributed by atoms with Gasteiger partial charge in [-0.3, -0.25) is 10.1 Å². The van der Waals surface area contributed by atoms with Gasteiger partial charge in [-0.2, -0.15) is 0 Å². The van der Waals surface area contributed by atoms with E-state index in [1.54, 1.807) is 30.1 Å². The summed E-state index contributed by atoms with van der Waals surface area (Å²) in [6.45, 7) is 0. The zero-order valence-electron chi connectivity index (χ0n) is 7.88. The zero-order valence-corrected chi connectivity index (χ0v) is 7.88. The van der Waals surface area contributed by atoms with Gasteiger partial charge in [-0.05, 0) is 6.07 Å². The summed E-state index contributed by atoms with van der Waals surface area (Å²) in [7, 11) is 1.80. The highest BCUT2D eigenvalue weighted by atomic mass is 16.6. The molecule has 0 saturated heterocycles. The lowest BCUT2D eigenvalue weighted by atomic mass is 10.2. The SMILES string of the molecule is Cn1ccc(-c2noc(N)c2[N+](=O)[O-])c1. The quantitative estimate of drug-likeness (QED) is 0.589. The van der Waals surface area contributed by atoms with Gasteiger partial charge in [-0.15, -0.1) is 0 Å². The molecule has 7 nitrogen and oxygen atoms in total. The van der Waals surface area contributed by atoms with E-state index in [9.17, 15) is 10.1 Å². The van der Waals surface area contributed by atoms with Crippen LogP contribution in [0.15, 0.2) is 23.0 Å². The first-order valence-corrected chi connectivity index (χ1v) is 4.11. The molecule has 0 bridgehead atoms. The number of nitrogens with zero attached hydrogens (tertiary/aromatic N) is 3. The number of rotatable bonds is 2. The van der Waals surface area contributed by atoms with Gasteiger partial charge < -0.3 is 14.8 Å². The van der Waals surface area contributed by atoms with E-state index in [-0.39, 0.29) is 17.3 Å². The van der Waals surface area contributed by atoms with Crippen molar-refractivity contribution < 1.29 is 9.45 Å². The molecule has 0 aliphatic rings. The van der Waals surface area contributed by atoms with Crippen molar-refractivity contribution in [3.8, 4) is 11.3 Å². The van der Waals surface area contributed by atoms with Crippen molar-refractivity contribution in [2.24, 2.45) is 7.05 Å². The molecule has 0 unspecified atom stereocenters. The smallest absolute Gasteiger partial charge is 0.360 e. The largest absolute Gasteiger partial charge is 0.362 e. The van der Waals surface area contributed by atoms with E-state index in [0.29, 0.717) is 5.56 Å². The highest BCUT2D eigenvalue weighted by Crippen LogP contribution is 2.33. The van der Waals surface area contributed by atoms with Gasteiger partial charge in [0.25, 0.3) is 0 Å². The van der Waals surface area contributed by atoms with E-state index in [4.69, 9.17) is 5.73 Å². The van der Waals surface area contributed by atoms with Gasteiger partial charge in [0, 0.05) is 25.0 Å². The average molecular weight is 208 g/mol. The molecule has 2 heterocycles. The fourth-order valence-electron chi connectivity index (χ4n) is 1.31. The summed E-state index contributed by atoms with van der Waals surface area (Å²) in [5.41, 5.74) is 5.77. The summed E-state index contributed by atoms with van der Waals surface area (Å²) in [4.78, 5) is 10.1. The maximum atomic E-state index is 10.7. The Kier molecular flexibility index (Phi) is 1.93. The molecule has 0 atom stereocenters. The van der Waals surface area contributed by atoms with Crippen molar-refractivity contribution in [2.75, 3.05) is 5.73 Å². The first kappa shape index (κ1) is 9.25. The Balaban J connectivity index is 2.58. The van der Waals surface area contributed by atoms with Crippen LogP contribution in [0.3, 0.4) is 0 Å². The number of aromatic nitrogens is 2. The second kappa shape index (κ2) is 3.12. The predicted molar refractivity (Wildman–Crippen MR) is 52.0 cm³/mol. The highest BCUT2D eigenvalue weighted by Gasteiger charge is 2.26. The highest BCUT2D eigenvalue weighted by molar-refractivity contribution is 5.74. The Morgan fingerprint density at radius 1 is 1.67 bits per heavy atom. The summed E-state index contributed by atoms with van der Waals surface area (Å²) in [5, 5.41) is 14.3. The Hall–Kier alpha value is -2.31. The lowest BCUT2D eigenvalue weighted by Gasteiger charge is -1.90. The lowest BCUT2D eigenvalue weighted by Crippen LogP contribution is -1.93. The summed E-state index contributed by atoms with van der Waals surface area (Å²) in [6, 6.07) is 1.70. The van der Waals surface area contributed by atoms with Crippen molar-refractivity contribution in [2.45, 2.75) is 0 Å². The van der Waals surface area contributed by atoms with Gasteiger partial charge in [0.2, 0.25) is 0 Å². The standard InChI is InChI=1S/C8H8N4O3/c1-11-3-2-5(4-11)6-7(12(13)14)8(9)15-10-6/h2-4H,9H2,1H3. The molecule has 15 heavy (non-hydrogen) atoms. The molecule has 2 N–H and O–H groups in total. The molecule has 0 fully saturated rings. The van der Waals surface area contributed by atoms with Gasteiger partial charge in [0.15, 0.2) is 5.69 Å². The molecule has 0 radical (unpaired) electrons. The number of nitrogen functional groups attached to an aromatic ring is 1. The Morgan fingerprint density at radius 2 is 2.40 bits per heavy atom. The van der Waals surface area contributed by atoms with Gasteiger partial charge in [-0.1, -0.05) is 5.16 Å². The van der Waals surface area contributed by atoms with Crippen LogP contribution >= 0.6 is 0 Å². The fourth-order valence-corrected chi connectivity index (χ4v) is 1.31. The third-order valence-electron chi connectivity index (χ3n) is 1.98. The third-order valence-corrected chi connectivity index (χ3v) is 1.98. The molecule has 0 spiro atoms. The Bertz CT molecular complexity index is 514. The number of anilines is 1. The summed E-state index contributed by atoms with van der Waals surface area (Å²) in [5.74, 6) is -0.279. The molecular weight excluding hydrogens is 200 g/mol.